The summed E-state index contributed by atoms with van der Waals surface area (Å²) in [5.74, 6) is -0.434. The summed E-state index contributed by atoms with van der Waals surface area (Å²) >= 11 is 0. The molecule has 1 heterocycles. The fourth-order valence-corrected chi connectivity index (χ4v) is 3.58. The van der Waals surface area contributed by atoms with Gasteiger partial charge in [0.25, 0.3) is 0 Å². The molecule has 0 unspecified atom stereocenters. The third kappa shape index (κ3) is 3.64. The normalized spacial score (nSPS) is 29.9. The Labute approximate surface area is 120 Å². The molecule has 0 bridgehead atoms. The molecule has 0 aromatic rings. The minimum Gasteiger partial charge on any atom is -0.481 e. The van der Waals surface area contributed by atoms with Crippen molar-refractivity contribution in [3.05, 3.63) is 0 Å². The topological polar surface area (TPSA) is 66.8 Å². The van der Waals surface area contributed by atoms with Gasteiger partial charge in [-0.3, -0.25) is 4.79 Å². The first-order valence-corrected chi connectivity index (χ1v) is 7.39. The third-order valence-corrected chi connectivity index (χ3v) is 4.22. The van der Waals surface area contributed by atoms with Gasteiger partial charge in [0.15, 0.2) is 0 Å². The molecule has 20 heavy (non-hydrogen) atoms. The SMILES string of the molecule is CC(C)(C)OC(=O)N1CCCC2(CC(CC(=O)O)C2)C1. The van der Waals surface area contributed by atoms with Crippen LogP contribution in [0.5, 0.6) is 0 Å². The summed E-state index contributed by atoms with van der Waals surface area (Å²) in [4.78, 5) is 24.6. The number of rotatable bonds is 2. The van der Waals surface area contributed by atoms with Crippen LogP contribution < -0.4 is 0 Å². The van der Waals surface area contributed by atoms with Crippen molar-refractivity contribution in [1.82, 2.24) is 4.90 Å². The summed E-state index contributed by atoms with van der Waals surface area (Å²) in [6.07, 6.45) is 3.96. The van der Waals surface area contributed by atoms with Crippen molar-refractivity contribution in [2.75, 3.05) is 13.1 Å². The second kappa shape index (κ2) is 5.26. The van der Waals surface area contributed by atoms with Gasteiger partial charge in [-0.1, -0.05) is 0 Å². The van der Waals surface area contributed by atoms with Gasteiger partial charge >= 0.3 is 12.1 Å². The summed E-state index contributed by atoms with van der Waals surface area (Å²) in [5.41, 5.74) is -0.317. The minimum atomic E-state index is -0.718. The van der Waals surface area contributed by atoms with Crippen molar-refractivity contribution in [3.63, 3.8) is 0 Å². The average Bonchev–Trinajstić information content (AvgIpc) is 2.24. The molecule has 2 fully saturated rings. The Hall–Kier alpha value is -1.26. The van der Waals surface area contributed by atoms with Gasteiger partial charge in [0, 0.05) is 19.5 Å². The molecule has 0 aromatic carbocycles. The van der Waals surface area contributed by atoms with E-state index in [1.807, 2.05) is 20.8 Å². The van der Waals surface area contributed by atoms with E-state index in [0.29, 0.717) is 0 Å². The number of carboxylic acids is 1. The van der Waals surface area contributed by atoms with Crippen molar-refractivity contribution in [2.45, 2.75) is 58.5 Å². The van der Waals surface area contributed by atoms with Crippen molar-refractivity contribution in [3.8, 4) is 0 Å². The summed E-state index contributed by atoms with van der Waals surface area (Å²) < 4.78 is 5.42. The molecule has 1 saturated heterocycles. The van der Waals surface area contributed by atoms with Crippen LogP contribution >= 0.6 is 0 Å². The minimum absolute atomic E-state index is 0.148. The number of piperidine rings is 1. The molecule has 1 aliphatic heterocycles. The smallest absolute Gasteiger partial charge is 0.410 e. The Balaban J connectivity index is 1.87. The molecule has 1 N–H and O–H groups in total. The number of carbonyl (C=O) groups excluding carboxylic acids is 1. The molecule has 0 radical (unpaired) electrons. The second-order valence-electron chi connectivity index (χ2n) is 7.38. The van der Waals surface area contributed by atoms with Crippen LogP contribution in [0, 0.1) is 11.3 Å². The van der Waals surface area contributed by atoms with Crippen LogP contribution in [0.15, 0.2) is 0 Å². The van der Waals surface area contributed by atoms with Crippen LogP contribution in [-0.4, -0.2) is 40.8 Å². The molecule has 114 valence electrons. The number of hydrogen-bond acceptors (Lipinski definition) is 3. The standard InChI is InChI=1S/C15H25NO4/c1-14(2,3)20-13(19)16-6-4-5-15(10-16)8-11(9-15)7-12(17)18/h11H,4-10H2,1-3H3,(H,17,18). The summed E-state index contributed by atoms with van der Waals surface area (Å²) in [5, 5.41) is 8.82. The average molecular weight is 283 g/mol. The van der Waals surface area contributed by atoms with Crippen LogP contribution in [0.3, 0.4) is 0 Å². The largest absolute Gasteiger partial charge is 0.481 e. The molecule has 1 saturated carbocycles. The molecule has 0 atom stereocenters. The maximum Gasteiger partial charge on any atom is 0.410 e. The molecule has 1 aliphatic carbocycles. The van der Waals surface area contributed by atoms with Crippen LogP contribution in [0.25, 0.3) is 0 Å². The van der Waals surface area contributed by atoms with E-state index in [2.05, 4.69) is 0 Å². The quantitative estimate of drug-likeness (QED) is 0.846. The highest BCUT2D eigenvalue weighted by atomic mass is 16.6. The van der Waals surface area contributed by atoms with Gasteiger partial charge in [0.1, 0.15) is 5.60 Å². The zero-order valence-electron chi connectivity index (χ0n) is 12.6. The molecule has 1 amide bonds. The lowest BCUT2D eigenvalue weighted by Gasteiger charge is -2.52. The van der Waals surface area contributed by atoms with Gasteiger partial charge in [-0.05, 0) is 57.8 Å². The van der Waals surface area contributed by atoms with Gasteiger partial charge in [0.05, 0.1) is 0 Å². The van der Waals surface area contributed by atoms with Crippen LogP contribution in [0.2, 0.25) is 0 Å². The molecule has 2 rings (SSSR count). The fourth-order valence-electron chi connectivity index (χ4n) is 3.58. The van der Waals surface area contributed by atoms with E-state index < -0.39 is 11.6 Å². The number of ether oxygens (including phenoxy) is 1. The van der Waals surface area contributed by atoms with Crippen LogP contribution in [0.1, 0.15) is 52.9 Å². The van der Waals surface area contributed by atoms with E-state index in [4.69, 9.17) is 9.84 Å². The first-order chi connectivity index (χ1) is 9.19. The number of aliphatic carboxylic acids is 1. The van der Waals surface area contributed by atoms with Gasteiger partial charge in [-0.15, -0.1) is 0 Å². The van der Waals surface area contributed by atoms with Gasteiger partial charge in [-0.2, -0.15) is 0 Å². The Morgan fingerprint density at radius 2 is 2.00 bits per heavy atom. The highest BCUT2D eigenvalue weighted by Crippen LogP contribution is 2.52. The van der Waals surface area contributed by atoms with E-state index in [9.17, 15) is 9.59 Å². The molecule has 5 heteroatoms. The molecule has 0 aromatic heterocycles. The van der Waals surface area contributed by atoms with E-state index >= 15 is 0 Å². The lowest BCUT2D eigenvalue weighted by atomic mass is 9.58. The van der Waals surface area contributed by atoms with E-state index in [0.717, 1.165) is 38.8 Å². The second-order valence-corrected chi connectivity index (χ2v) is 7.38. The van der Waals surface area contributed by atoms with Crippen LogP contribution in [-0.2, 0) is 9.53 Å². The summed E-state index contributed by atoms with van der Waals surface area (Å²) in [6.45, 7) is 7.09. The number of carbonyl (C=O) groups is 2. The van der Waals surface area contributed by atoms with E-state index in [1.165, 1.54) is 0 Å². The number of nitrogens with zero attached hydrogens (tertiary/aromatic N) is 1. The van der Waals surface area contributed by atoms with Crippen molar-refractivity contribution < 1.29 is 19.4 Å². The van der Waals surface area contributed by atoms with Crippen molar-refractivity contribution >= 4 is 12.1 Å². The highest BCUT2D eigenvalue weighted by molar-refractivity contribution is 5.68. The predicted molar refractivity (Wildman–Crippen MR) is 74.5 cm³/mol. The number of amides is 1. The third-order valence-electron chi connectivity index (χ3n) is 4.22. The fraction of sp³-hybridized carbons (Fsp3) is 0.867. The molecular formula is C15H25NO4. The first kappa shape index (κ1) is 15.1. The predicted octanol–water partition coefficient (Wildman–Crippen LogP) is 2.89. The van der Waals surface area contributed by atoms with Crippen molar-refractivity contribution in [2.24, 2.45) is 11.3 Å². The van der Waals surface area contributed by atoms with E-state index in [-0.39, 0.29) is 23.8 Å². The molecule has 2 aliphatic rings. The molecule has 1 spiro atoms. The number of hydrogen-bond donors (Lipinski definition) is 1. The number of likely N-dealkylation sites (tertiary alicyclic amines) is 1. The molecule has 5 nitrogen and oxygen atoms in total. The van der Waals surface area contributed by atoms with E-state index in [1.54, 1.807) is 4.90 Å². The maximum absolute atomic E-state index is 12.1. The number of carboxylic acid groups (broad SMARTS) is 1. The summed E-state index contributed by atoms with van der Waals surface area (Å²) in [6, 6.07) is 0. The zero-order valence-corrected chi connectivity index (χ0v) is 12.6. The Morgan fingerprint density at radius 1 is 1.35 bits per heavy atom. The Morgan fingerprint density at radius 3 is 2.55 bits per heavy atom. The van der Waals surface area contributed by atoms with Crippen LogP contribution in [0.4, 0.5) is 4.79 Å². The monoisotopic (exact) mass is 283 g/mol. The lowest BCUT2D eigenvalue weighted by molar-refractivity contribution is -0.141. The van der Waals surface area contributed by atoms with Gasteiger partial charge < -0.3 is 14.7 Å². The Bertz CT molecular complexity index is 393. The Kier molecular flexibility index (Phi) is 3.98. The molecular weight excluding hydrogens is 258 g/mol. The van der Waals surface area contributed by atoms with Crippen molar-refractivity contribution in [1.29, 1.82) is 0 Å². The highest BCUT2D eigenvalue weighted by Gasteiger charge is 2.48. The van der Waals surface area contributed by atoms with Gasteiger partial charge in [-0.25, -0.2) is 4.79 Å². The summed E-state index contributed by atoms with van der Waals surface area (Å²) in [7, 11) is 0. The lowest BCUT2D eigenvalue weighted by Crippen LogP contribution is -2.53. The first-order valence-electron chi connectivity index (χ1n) is 7.39. The zero-order chi connectivity index (χ0) is 15.0. The van der Waals surface area contributed by atoms with Gasteiger partial charge in [0.2, 0.25) is 0 Å². The maximum atomic E-state index is 12.1.